The molecule has 1 N–H and O–H groups in total. The summed E-state index contributed by atoms with van der Waals surface area (Å²) in [6.45, 7) is 6.53. The van der Waals surface area contributed by atoms with E-state index in [-0.39, 0.29) is 0 Å². The predicted molar refractivity (Wildman–Crippen MR) is 131 cm³/mol. The first-order chi connectivity index (χ1) is 15.2. The van der Waals surface area contributed by atoms with E-state index >= 15 is 0 Å². The van der Waals surface area contributed by atoms with Crippen LogP contribution in [-0.4, -0.2) is 43.1 Å². The molecule has 1 fully saturated rings. The highest BCUT2D eigenvalue weighted by Gasteiger charge is 2.14. The Hall–Kier alpha value is -3.37. The molecule has 2 heterocycles. The number of fused-ring (bicyclic) bond motifs is 1. The Morgan fingerprint density at radius 3 is 2.35 bits per heavy atom. The number of likely N-dealkylation sites (N-methyl/N-ethyl adjacent to an activating group) is 1. The van der Waals surface area contributed by atoms with Gasteiger partial charge in [-0.25, -0.2) is 0 Å². The lowest BCUT2D eigenvalue weighted by molar-refractivity contribution is 0.313. The zero-order valence-corrected chi connectivity index (χ0v) is 18.2. The first kappa shape index (κ1) is 19.6. The highest BCUT2D eigenvalue weighted by atomic mass is 15.2. The molecule has 1 aliphatic rings. The van der Waals surface area contributed by atoms with E-state index in [9.17, 15) is 0 Å². The second kappa shape index (κ2) is 8.40. The van der Waals surface area contributed by atoms with Gasteiger partial charge in [0, 0.05) is 54.8 Å². The normalized spacial score (nSPS) is 14.7. The predicted octanol–water partition coefficient (Wildman–Crippen LogP) is 5.71. The lowest BCUT2D eigenvalue weighted by Crippen LogP contribution is -2.44. The second-order valence-electron chi connectivity index (χ2n) is 8.42. The van der Waals surface area contributed by atoms with Crippen molar-refractivity contribution >= 4 is 28.0 Å². The number of pyridine rings is 1. The Bertz CT molecular complexity index is 1190. The van der Waals surface area contributed by atoms with Crippen LogP contribution in [0.25, 0.3) is 22.0 Å². The minimum absolute atomic E-state index is 0.996. The fraction of sp³-hybridized carbons (Fsp3) is 0.222. The highest BCUT2D eigenvalue weighted by molar-refractivity contribution is 5.95. The van der Waals surface area contributed by atoms with Gasteiger partial charge in [-0.15, -0.1) is 0 Å². The summed E-state index contributed by atoms with van der Waals surface area (Å²) in [5, 5.41) is 4.74. The monoisotopic (exact) mass is 408 g/mol. The quantitative estimate of drug-likeness (QED) is 0.469. The molecule has 0 aliphatic carbocycles. The Morgan fingerprint density at radius 1 is 0.806 bits per heavy atom. The maximum absolute atomic E-state index is 4.57. The minimum atomic E-state index is 0.996. The van der Waals surface area contributed by atoms with E-state index in [2.05, 4.69) is 107 Å². The number of rotatable bonds is 4. The molecule has 1 saturated heterocycles. The fourth-order valence-corrected chi connectivity index (χ4v) is 4.24. The van der Waals surface area contributed by atoms with Crippen molar-refractivity contribution in [2.24, 2.45) is 0 Å². The summed E-state index contributed by atoms with van der Waals surface area (Å²) in [7, 11) is 2.19. The summed E-state index contributed by atoms with van der Waals surface area (Å²) in [4.78, 5) is 9.41. The van der Waals surface area contributed by atoms with Crippen LogP contribution in [0.5, 0.6) is 0 Å². The standard InChI is InChI=1S/C27H28N4/c1-20-4-3-5-21(18-20)22-6-11-26-25(19-22)27(12-13-28-26)29-23-7-9-24(10-8-23)31-16-14-30(2)15-17-31/h3-13,18-19H,14-17H2,1-2H3,(H,28,29). The van der Waals surface area contributed by atoms with E-state index in [1.54, 1.807) is 0 Å². The number of hydrogen-bond acceptors (Lipinski definition) is 4. The number of benzene rings is 3. The topological polar surface area (TPSA) is 31.4 Å². The number of aromatic nitrogens is 1. The van der Waals surface area contributed by atoms with Gasteiger partial charge in [0.15, 0.2) is 0 Å². The molecule has 0 spiro atoms. The van der Waals surface area contributed by atoms with Crippen molar-refractivity contribution < 1.29 is 0 Å². The molecule has 1 aliphatic heterocycles. The van der Waals surface area contributed by atoms with Gasteiger partial charge in [-0.1, -0.05) is 35.9 Å². The van der Waals surface area contributed by atoms with Crippen LogP contribution >= 0.6 is 0 Å². The summed E-state index contributed by atoms with van der Waals surface area (Å²) < 4.78 is 0. The zero-order valence-electron chi connectivity index (χ0n) is 18.2. The molecule has 156 valence electrons. The van der Waals surface area contributed by atoms with Crippen molar-refractivity contribution in [3.8, 4) is 11.1 Å². The summed E-state index contributed by atoms with van der Waals surface area (Å²) >= 11 is 0. The Balaban J connectivity index is 1.41. The minimum Gasteiger partial charge on any atom is -0.369 e. The van der Waals surface area contributed by atoms with E-state index in [0.717, 1.165) is 48.5 Å². The van der Waals surface area contributed by atoms with Crippen LogP contribution in [0, 0.1) is 6.92 Å². The first-order valence-electron chi connectivity index (χ1n) is 10.9. The molecule has 4 aromatic rings. The average Bonchev–Trinajstić information content (AvgIpc) is 2.80. The van der Waals surface area contributed by atoms with Crippen molar-refractivity contribution in [1.82, 2.24) is 9.88 Å². The van der Waals surface area contributed by atoms with E-state index < -0.39 is 0 Å². The van der Waals surface area contributed by atoms with Crippen molar-refractivity contribution in [1.29, 1.82) is 0 Å². The summed E-state index contributed by atoms with van der Waals surface area (Å²) in [6.07, 6.45) is 1.87. The molecule has 0 unspecified atom stereocenters. The number of hydrogen-bond donors (Lipinski definition) is 1. The van der Waals surface area contributed by atoms with Crippen LogP contribution in [0.2, 0.25) is 0 Å². The van der Waals surface area contributed by atoms with Gasteiger partial charge in [0.2, 0.25) is 0 Å². The van der Waals surface area contributed by atoms with Gasteiger partial charge in [-0.2, -0.15) is 0 Å². The Labute approximate surface area is 184 Å². The van der Waals surface area contributed by atoms with Gasteiger partial charge in [0.25, 0.3) is 0 Å². The molecule has 0 atom stereocenters. The molecule has 4 heteroatoms. The largest absolute Gasteiger partial charge is 0.369 e. The molecular weight excluding hydrogens is 380 g/mol. The third kappa shape index (κ3) is 4.25. The summed E-state index contributed by atoms with van der Waals surface area (Å²) in [6, 6.07) is 25.9. The number of anilines is 3. The molecular formula is C27H28N4. The summed E-state index contributed by atoms with van der Waals surface area (Å²) in [5.74, 6) is 0. The van der Waals surface area contributed by atoms with Crippen LogP contribution in [0.15, 0.2) is 79.0 Å². The van der Waals surface area contributed by atoms with Crippen LogP contribution in [0.1, 0.15) is 5.56 Å². The van der Waals surface area contributed by atoms with Gasteiger partial charge in [-0.3, -0.25) is 4.98 Å². The maximum atomic E-state index is 4.57. The number of aryl methyl sites for hydroxylation is 1. The van der Waals surface area contributed by atoms with Crippen molar-refractivity contribution in [2.75, 3.05) is 43.4 Å². The van der Waals surface area contributed by atoms with E-state index in [0.29, 0.717) is 0 Å². The van der Waals surface area contributed by atoms with Gasteiger partial charge >= 0.3 is 0 Å². The van der Waals surface area contributed by atoms with Crippen LogP contribution < -0.4 is 10.2 Å². The van der Waals surface area contributed by atoms with Gasteiger partial charge in [-0.05, 0) is 67.6 Å². The van der Waals surface area contributed by atoms with Gasteiger partial charge in [0.1, 0.15) is 0 Å². The Morgan fingerprint density at radius 2 is 1.58 bits per heavy atom. The van der Waals surface area contributed by atoms with E-state index in [4.69, 9.17) is 0 Å². The third-order valence-electron chi connectivity index (χ3n) is 6.11. The van der Waals surface area contributed by atoms with Gasteiger partial charge in [0.05, 0.1) is 5.52 Å². The SMILES string of the molecule is Cc1cccc(-c2ccc3nccc(Nc4ccc(N5CCN(C)CC5)cc4)c3c2)c1. The van der Waals surface area contributed by atoms with Crippen LogP contribution in [0.3, 0.4) is 0 Å². The molecule has 0 saturated carbocycles. The molecule has 31 heavy (non-hydrogen) atoms. The summed E-state index contributed by atoms with van der Waals surface area (Å²) in [5.41, 5.74) is 8.15. The lowest BCUT2D eigenvalue weighted by atomic mass is 10.0. The average molecular weight is 409 g/mol. The molecule has 3 aromatic carbocycles. The number of nitrogens with zero attached hydrogens (tertiary/aromatic N) is 3. The molecule has 0 amide bonds. The molecule has 1 aromatic heterocycles. The molecule has 5 rings (SSSR count). The highest BCUT2D eigenvalue weighted by Crippen LogP contribution is 2.31. The van der Waals surface area contributed by atoms with Crippen LogP contribution in [0.4, 0.5) is 17.1 Å². The number of nitrogens with one attached hydrogen (secondary N) is 1. The smallest absolute Gasteiger partial charge is 0.0723 e. The molecule has 0 bridgehead atoms. The van der Waals surface area contributed by atoms with E-state index in [1.165, 1.54) is 22.4 Å². The maximum Gasteiger partial charge on any atom is 0.0723 e. The zero-order chi connectivity index (χ0) is 21.2. The van der Waals surface area contributed by atoms with Crippen molar-refractivity contribution in [3.63, 3.8) is 0 Å². The van der Waals surface area contributed by atoms with Gasteiger partial charge < -0.3 is 15.1 Å². The van der Waals surface area contributed by atoms with Crippen molar-refractivity contribution in [3.05, 3.63) is 84.6 Å². The van der Waals surface area contributed by atoms with Crippen molar-refractivity contribution in [2.45, 2.75) is 6.92 Å². The fourth-order valence-electron chi connectivity index (χ4n) is 4.24. The Kier molecular flexibility index (Phi) is 5.31. The molecule has 0 radical (unpaired) electrons. The first-order valence-corrected chi connectivity index (χ1v) is 10.9. The molecule has 4 nitrogen and oxygen atoms in total. The second-order valence-corrected chi connectivity index (χ2v) is 8.42. The van der Waals surface area contributed by atoms with E-state index in [1.807, 2.05) is 6.20 Å². The number of piperazine rings is 1. The third-order valence-corrected chi connectivity index (χ3v) is 6.11. The lowest BCUT2D eigenvalue weighted by Gasteiger charge is -2.34. The van der Waals surface area contributed by atoms with Crippen LogP contribution in [-0.2, 0) is 0 Å².